The molecule has 0 N–H and O–H groups in total. The Morgan fingerprint density at radius 1 is 0.718 bits per heavy atom. The van der Waals surface area contributed by atoms with Crippen molar-refractivity contribution in [2.75, 3.05) is 6.61 Å². The van der Waals surface area contributed by atoms with Crippen LogP contribution in [0.4, 0.5) is 13.2 Å². The molecule has 2 fully saturated rings. The van der Waals surface area contributed by atoms with Gasteiger partial charge in [0.1, 0.15) is 5.82 Å². The van der Waals surface area contributed by atoms with Crippen molar-refractivity contribution < 1.29 is 17.9 Å². The fourth-order valence-electron chi connectivity index (χ4n) is 6.88. The molecule has 39 heavy (non-hydrogen) atoms. The Kier molecular flexibility index (Phi) is 8.79. The second-order valence-corrected chi connectivity index (χ2v) is 11.3. The standard InChI is InChI=1S/C35H39F3O/c1-3-5-23-6-8-24(9-7-23)25-10-14-27(15-11-25)30-19-18-29(22-32(30)36)26-12-16-28(17-13-26)31-20-21-33(39-4-2)35(38)34(31)37/h3,5,12-13,16-25,27H,4,6-11,14-15H2,1-2H3. The van der Waals surface area contributed by atoms with Crippen molar-refractivity contribution in [3.8, 4) is 28.0 Å². The topological polar surface area (TPSA) is 9.23 Å². The average molecular weight is 533 g/mol. The van der Waals surface area contributed by atoms with E-state index in [9.17, 15) is 8.78 Å². The molecule has 0 heterocycles. The zero-order valence-corrected chi connectivity index (χ0v) is 23.1. The van der Waals surface area contributed by atoms with Crippen LogP contribution < -0.4 is 4.74 Å². The fourth-order valence-corrected chi connectivity index (χ4v) is 6.88. The third kappa shape index (κ3) is 6.10. The number of ether oxygens (including phenoxy) is 1. The van der Waals surface area contributed by atoms with E-state index in [4.69, 9.17) is 4.74 Å². The lowest BCUT2D eigenvalue weighted by Crippen LogP contribution is -2.25. The SMILES string of the molecule is CC=CC1CCC(C2CCC(c3ccc(-c4ccc(-c5ccc(OCC)c(F)c5F)cc4)cc3F)CC2)CC1. The van der Waals surface area contributed by atoms with Crippen LogP contribution in [-0.4, -0.2) is 6.61 Å². The number of benzene rings is 3. The number of hydrogen-bond acceptors (Lipinski definition) is 1. The van der Waals surface area contributed by atoms with Gasteiger partial charge in [0.25, 0.3) is 0 Å². The molecule has 0 unspecified atom stereocenters. The molecule has 0 aromatic heterocycles. The monoisotopic (exact) mass is 532 g/mol. The largest absolute Gasteiger partial charge is 0.491 e. The number of rotatable bonds is 7. The quantitative estimate of drug-likeness (QED) is 0.275. The molecule has 2 aliphatic carbocycles. The van der Waals surface area contributed by atoms with Crippen LogP contribution >= 0.6 is 0 Å². The Bertz CT molecular complexity index is 1280. The molecule has 0 bridgehead atoms. The van der Waals surface area contributed by atoms with E-state index in [1.165, 1.54) is 50.7 Å². The van der Waals surface area contributed by atoms with Crippen molar-refractivity contribution in [2.45, 2.75) is 71.1 Å². The maximum absolute atomic E-state index is 15.3. The first-order valence-electron chi connectivity index (χ1n) is 14.6. The van der Waals surface area contributed by atoms with Crippen LogP contribution in [0.2, 0.25) is 0 Å². The van der Waals surface area contributed by atoms with Crippen LogP contribution in [0.1, 0.15) is 76.7 Å². The van der Waals surface area contributed by atoms with E-state index in [1.807, 2.05) is 24.3 Å². The van der Waals surface area contributed by atoms with Crippen molar-refractivity contribution in [1.82, 2.24) is 0 Å². The van der Waals surface area contributed by atoms with E-state index in [-0.39, 0.29) is 29.7 Å². The molecule has 4 heteroatoms. The molecule has 3 aromatic carbocycles. The average Bonchev–Trinajstić information content (AvgIpc) is 2.97. The summed E-state index contributed by atoms with van der Waals surface area (Å²) >= 11 is 0. The molecule has 0 spiro atoms. The molecular formula is C35H39F3O. The molecule has 206 valence electrons. The summed E-state index contributed by atoms with van der Waals surface area (Å²) in [5.41, 5.74) is 3.19. The zero-order chi connectivity index (χ0) is 27.4. The Morgan fingerprint density at radius 2 is 1.33 bits per heavy atom. The fraction of sp³-hybridized carbons (Fsp3) is 0.429. The van der Waals surface area contributed by atoms with E-state index in [2.05, 4.69) is 19.1 Å². The number of halogens is 3. The summed E-state index contributed by atoms with van der Waals surface area (Å²) in [7, 11) is 0. The first-order chi connectivity index (χ1) is 19.0. The predicted molar refractivity (Wildman–Crippen MR) is 153 cm³/mol. The van der Waals surface area contributed by atoms with E-state index >= 15 is 4.39 Å². The summed E-state index contributed by atoms with van der Waals surface area (Å²) in [5.74, 6) is 0.537. The first kappa shape index (κ1) is 27.6. The molecule has 0 atom stereocenters. The van der Waals surface area contributed by atoms with Gasteiger partial charge in [-0.2, -0.15) is 4.39 Å². The second kappa shape index (κ2) is 12.4. The minimum Gasteiger partial charge on any atom is -0.491 e. The highest BCUT2D eigenvalue weighted by Crippen LogP contribution is 2.45. The number of hydrogen-bond donors (Lipinski definition) is 0. The Balaban J connectivity index is 1.22. The number of allylic oxidation sites excluding steroid dienone is 2. The lowest BCUT2D eigenvalue weighted by molar-refractivity contribution is 0.171. The Morgan fingerprint density at radius 3 is 1.95 bits per heavy atom. The van der Waals surface area contributed by atoms with Gasteiger partial charge in [-0.25, -0.2) is 8.78 Å². The molecule has 0 saturated heterocycles. The minimum absolute atomic E-state index is 0.0911. The van der Waals surface area contributed by atoms with Gasteiger partial charge in [0.2, 0.25) is 5.82 Å². The van der Waals surface area contributed by atoms with Crippen LogP contribution in [0.15, 0.2) is 66.7 Å². The maximum Gasteiger partial charge on any atom is 0.201 e. The van der Waals surface area contributed by atoms with Crippen LogP contribution in [0.25, 0.3) is 22.3 Å². The molecule has 2 aliphatic rings. The summed E-state index contributed by atoms with van der Waals surface area (Å²) in [6, 6.07) is 15.7. The summed E-state index contributed by atoms with van der Waals surface area (Å²) in [6.07, 6.45) is 14.4. The highest BCUT2D eigenvalue weighted by Gasteiger charge is 2.31. The first-order valence-corrected chi connectivity index (χ1v) is 14.6. The van der Waals surface area contributed by atoms with Crippen LogP contribution in [0.5, 0.6) is 5.75 Å². The van der Waals surface area contributed by atoms with Gasteiger partial charge < -0.3 is 4.74 Å². The summed E-state index contributed by atoms with van der Waals surface area (Å²) in [4.78, 5) is 0. The van der Waals surface area contributed by atoms with Gasteiger partial charge in [-0.3, -0.25) is 0 Å². The normalized spacial score (nSPS) is 23.7. The molecule has 0 radical (unpaired) electrons. The summed E-state index contributed by atoms with van der Waals surface area (Å²) < 4.78 is 49.4. The second-order valence-electron chi connectivity index (χ2n) is 11.3. The minimum atomic E-state index is -0.984. The third-order valence-electron chi connectivity index (χ3n) is 9.04. The lowest BCUT2D eigenvalue weighted by atomic mass is 9.68. The van der Waals surface area contributed by atoms with Crippen molar-refractivity contribution in [3.63, 3.8) is 0 Å². The molecule has 0 amide bonds. The van der Waals surface area contributed by atoms with Crippen LogP contribution in [-0.2, 0) is 0 Å². The lowest BCUT2D eigenvalue weighted by Gasteiger charge is -2.37. The smallest absolute Gasteiger partial charge is 0.201 e. The van der Waals surface area contributed by atoms with Crippen LogP contribution in [0, 0.1) is 35.2 Å². The van der Waals surface area contributed by atoms with Gasteiger partial charge in [-0.05, 0) is 129 Å². The van der Waals surface area contributed by atoms with E-state index in [0.29, 0.717) is 5.56 Å². The maximum atomic E-state index is 15.3. The summed E-state index contributed by atoms with van der Waals surface area (Å²) in [6.45, 7) is 4.10. The molecule has 2 saturated carbocycles. The van der Waals surface area contributed by atoms with Gasteiger partial charge in [-0.15, -0.1) is 0 Å². The molecule has 1 nitrogen and oxygen atoms in total. The van der Waals surface area contributed by atoms with E-state index in [1.54, 1.807) is 25.1 Å². The Hall–Kier alpha value is -3.01. The van der Waals surface area contributed by atoms with Gasteiger partial charge in [0, 0.05) is 5.56 Å². The molecule has 0 aliphatic heterocycles. The molecular weight excluding hydrogens is 493 g/mol. The molecule has 3 aromatic rings. The predicted octanol–water partition coefficient (Wildman–Crippen LogP) is 10.5. The summed E-state index contributed by atoms with van der Waals surface area (Å²) in [5, 5.41) is 0. The highest BCUT2D eigenvalue weighted by atomic mass is 19.2. The van der Waals surface area contributed by atoms with Crippen molar-refractivity contribution >= 4 is 0 Å². The van der Waals surface area contributed by atoms with Crippen molar-refractivity contribution in [1.29, 1.82) is 0 Å². The van der Waals surface area contributed by atoms with Crippen LogP contribution in [0.3, 0.4) is 0 Å². The van der Waals surface area contributed by atoms with Gasteiger partial charge >= 0.3 is 0 Å². The van der Waals surface area contributed by atoms with Gasteiger partial charge in [0.15, 0.2) is 11.6 Å². The Labute approximate surface area is 231 Å². The van der Waals surface area contributed by atoms with Crippen molar-refractivity contribution in [2.24, 2.45) is 17.8 Å². The third-order valence-corrected chi connectivity index (χ3v) is 9.04. The van der Waals surface area contributed by atoms with Gasteiger partial charge in [-0.1, -0.05) is 48.6 Å². The van der Waals surface area contributed by atoms with Crippen molar-refractivity contribution in [3.05, 3.63) is 89.8 Å². The van der Waals surface area contributed by atoms with Gasteiger partial charge in [0.05, 0.1) is 6.61 Å². The highest BCUT2D eigenvalue weighted by molar-refractivity contribution is 5.71. The van der Waals surface area contributed by atoms with E-state index < -0.39 is 11.6 Å². The van der Waals surface area contributed by atoms with E-state index in [0.717, 1.165) is 47.3 Å². The zero-order valence-electron chi connectivity index (χ0n) is 23.1. The molecule has 5 rings (SSSR count).